The second kappa shape index (κ2) is 4.60. The summed E-state index contributed by atoms with van der Waals surface area (Å²) in [6.07, 6.45) is 7.83. The van der Waals surface area contributed by atoms with Crippen molar-refractivity contribution in [1.82, 2.24) is 0 Å². The molecule has 2 N–H and O–H groups in total. The van der Waals surface area contributed by atoms with Gasteiger partial charge in [-0.25, -0.2) is 0 Å². The normalized spacial score (nSPS) is 15.9. The van der Waals surface area contributed by atoms with Crippen molar-refractivity contribution in [3.8, 4) is 0 Å². The summed E-state index contributed by atoms with van der Waals surface area (Å²) in [7, 11) is 0. The van der Waals surface area contributed by atoms with Crippen LogP contribution in [-0.4, -0.2) is 6.04 Å². The highest BCUT2D eigenvalue weighted by Crippen LogP contribution is 1.79. The van der Waals surface area contributed by atoms with Gasteiger partial charge in [0.1, 0.15) is 0 Å². The topological polar surface area (TPSA) is 26.0 Å². The molecule has 0 saturated heterocycles. The lowest BCUT2D eigenvalue weighted by Gasteiger charge is -1.89. The van der Waals surface area contributed by atoms with Crippen LogP contribution in [0, 0.1) is 0 Å². The Labute approximate surface area is 50.9 Å². The molecule has 0 aliphatic rings. The highest BCUT2D eigenvalue weighted by Gasteiger charge is 1.77. The Hall–Kier alpha value is -0.560. The SMILES string of the molecule is C/C=C/C=C/[C@@H](C)N. The first kappa shape index (κ1) is 7.44. The molecule has 0 saturated carbocycles. The molecule has 0 aromatic carbocycles. The van der Waals surface area contributed by atoms with E-state index in [0.717, 1.165) is 0 Å². The maximum Gasteiger partial charge on any atom is 0.0197 e. The largest absolute Gasteiger partial charge is 0.325 e. The van der Waals surface area contributed by atoms with E-state index < -0.39 is 0 Å². The van der Waals surface area contributed by atoms with E-state index in [2.05, 4.69) is 0 Å². The highest BCUT2D eigenvalue weighted by molar-refractivity contribution is 5.03. The predicted octanol–water partition coefficient (Wildman–Crippen LogP) is 1.47. The van der Waals surface area contributed by atoms with Crippen LogP contribution >= 0.6 is 0 Å². The summed E-state index contributed by atoms with van der Waals surface area (Å²) in [6.45, 7) is 3.92. The van der Waals surface area contributed by atoms with E-state index in [-0.39, 0.29) is 6.04 Å². The molecule has 1 atom stereocenters. The van der Waals surface area contributed by atoms with Crippen LogP contribution in [0.1, 0.15) is 13.8 Å². The van der Waals surface area contributed by atoms with Gasteiger partial charge in [0.25, 0.3) is 0 Å². The molecule has 0 heterocycles. The zero-order valence-corrected chi connectivity index (χ0v) is 5.46. The standard InChI is InChI=1S/C7H13N/c1-3-4-5-6-7(2)8/h3-7H,8H2,1-2H3/b4-3+,6-5+/t7-/m1/s1. The summed E-state index contributed by atoms with van der Waals surface area (Å²) in [5.74, 6) is 0. The third kappa shape index (κ3) is 5.44. The Kier molecular flexibility index (Phi) is 4.27. The van der Waals surface area contributed by atoms with Crippen LogP contribution in [0.2, 0.25) is 0 Å². The third-order valence-corrected chi connectivity index (χ3v) is 0.718. The molecule has 0 radical (unpaired) electrons. The fourth-order valence-corrected chi connectivity index (χ4v) is 0.351. The average molecular weight is 111 g/mol. The van der Waals surface area contributed by atoms with Gasteiger partial charge >= 0.3 is 0 Å². The molecule has 0 rings (SSSR count). The zero-order valence-electron chi connectivity index (χ0n) is 5.46. The van der Waals surface area contributed by atoms with Crippen molar-refractivity contribution in [3.63, 3.8) is 0 Å². The van der Waals surface area contributed by atoms with Crippen LogP contribution in [0.15, 0.2) is 24.3 Å². The van der Waals surface area contributed by atoms with E-state index >= 15 is 0 Å². The molecular formula is C7H13N. The molecular weight excluding hydrogens is 98.1 g/mol. The van der Waals surface area contributed by atoms with Gasteiger partial charge in [-0.2, -0.15) is 0 Å². The Bertz CT molecular complexity index is 90.6. The van der Waals surface area contributed by atoms with Crippen LogP contribution in [0.4, 0.5) is 0 Å². The smallest absolute Gasteiger partial charge is 0.0197 e. The molecule has 8 heavy (non-hydrogen) atoms. The first-order valence-electron chi connectivity index (χ1n) is 2.82. The van der Waals surface area contributed by atoms with Crippen molar-refractivity contribution in [2.75, 3.05) is 0 Å². The van der Waals surface area contributed by atoms with Gasteiger partial charge in [-0.1, -0.05) is 24.3 Å². The van der Waals surface area contributed by atoms with Crippen LogP contribution in [0.3, 0.4) is 0 Å². The second-order valence-electron chi connectivity index (χ2n) is 1.77. The van der Waals surface area contributed by atoms with E-state index in [1.54, 1.807) is 0 Å². The summed E-state index contributed by atoms with van der Waals surface area (Å²) in [6, 6.07) is 0.172. The Balaban J connectivity index is 3.34. The van der Waals surface area contributed by atoms with Gasteiger partial charge in [0, 0.05) is 6.04 Å². The quantitative estimate of drug-likeness (QED) is 0.536. The summed E-state index contributed by atoms with van der Waals surface area (Å²) in [5.41, 5.74) is 5.41. The van der Waals surface area contributed by atoms with Crippen molar-refractivity contribution in [2.45, 2.75) is 19.9 Å². The van der Waals surface area contributed by atoms with E-state index in [1.165, 1.54) is 0 Å². The lowest BCUT2D eigenvalue weighted by molar-refractivity contribution is 0.926. The van der Waals surface area contributed by atoms with E-state index in [4.69, 9.17) is 5.73 Å². The van der Waals surface area contributed by atoms with Crippen molar-refractivity contribution in [2.24, 2.45) is 5.73 Å². The first-order chi connectivity index (χ1) is 3.77. The van der Waals surface area contributed by atoms with E-state index in [9.17, 15) is 0 Å². The number of hydrogen-bond donors (Lipinski definition) is 1. The molecule has 0 spiro atoms. The zero-order chi connectivity index (χ0) is 6.41. The minimum atomic E-state index is 0.172. The molecule has 1 heteroatoms. The molecule has 0 unspecified atom stereocenters. The van der Waals surface area contributed by atoms with Gasteiger partial charge in [0.15, 0.2) is 0 Å². The average Bonchev–Trinajstić information content (AvgIpc) is 1.66. The number of hydrogen-bond acceptors (Lipinski definition) is 1. The second-order valence-corrected chi connectivity index (χ2v) is 1.77. The fourth-order valence-electron chi connectivity index (χ4n) is 0.351. The molecule has 1 nitrogen and oxygen atoms in total. The highest BCUT2D eigenvalue weighted by atomic mass is 14.6. The van der Waals surface area contributed by atoms with Gasteiger partial charge in [-0.05, 0) is 13.8 Å². The van der Waals surface area contributed by atoms with E-state index in [0.29, 0.717) is 0 Å². The number of rotatable bonds is 2. The van der Waals surface area contributed by atoms with Gasteiger partial charge < -0.3 is 5.73 Å². The minimum Gasteiger partial charge on any atom is -0.325 e. The monoisotopic (exact) mass is 111 g/mol. The molecule has 0 amide bonds. The van der Waals surface area contributed by atoms with Crippen LogP contribution in [0.25, 0.3) is 0 Å². The van der Waals surface area contributed by atoms with Gasteiger partial charge in [-0.15, -0.1) is 0 Å². The molecule has 0 fully saturated rings. The Morgan fingerprint density at radius 2 is 2.00 bits per heavy atom. The molecule has 0 aliphatic heterocycles. The summed E-state index contributed by atoms with van der Waals surface area (Å²) < 4.78 is 0. The maximum absolute atomic E-state index is 5.41. The molecule has 0 aromatic heterocycles. The van der Waals surface area contributed by atoms with Gasteiger partial charge in [0.2, 0.25) is 0 Å². The number of nitrogens with two attached hydrogens (primary N) is 1. The summed E-state index contributed by atoms with van der Waals surface area (Å²) in [4.78, 5) is 0. The lowest BCUT2D eigenvalue weighted by Crippen LogP contribution is -2.09. The third-order valence-electron chi connectivity index (χ3n) is 0.718. The van der Waals surface area contributed by atoms with Gasteiger partial charge in [0.05, 0.1) is 0 Å². The number of allylic oxidation sites excluding steroid dienone is 3. The van der Waals surface area contributed by atoms with Crippen molar-refractivity contribution in [3.05, 3.63) is 24.3 Å². The molecule has 0 aromatic rings. The Morgan fingerprint density at radius 1 is 1.38 bits per heavy atom. The molecule has 0 aliphatic carbocycles. The molecule has 46 valence electrons. The van der Waals surface area contributed by atoms with Crippen LogP contribution in [-0.2, 0) is 0 Å². The maximum atomic E-state index is 5.41. The van der Waals surface area contributed by atoms with Gasteiger partial charge in [-0.3, -0.25) is 0 Å². The van der Waals surface area contributed by atoms with Crippen molar-refractivity contribution < 1.29 is 0 Å². The van der Waals surface area contributed by atoms with Crippen molar-refractivity contribution >= 4 is 0 Å². The minimum absolute atomic E-state index is 0.172. The predicted molar refractivity (Wildman–Crippen MR) is 37.6 cm³/mol. The lowest BCUT2D eigenvalue weighted by atomic mass is 10.3. The first-order valence-corrected chi connectivity index (χ1v) is 2.82. The Morgan fingerprint density at radius 3 is 2.38 bits per heavy atom. The van der Waals surface area contributed by atoms with Crippen molar-refractivity contribution in [1.29, 1.82) is 0 Å². The van der Waals surface area contributed by atoms with Crippen LogP contribution < -0.4 is 5.73 Å². The molecule has 0 bridgehead atoms. The summed E-state index contributed by atoms with van der Waals surface area (Å²) >= 11 is 0. The van der Waals surface area contributed by atoms with Crippen LogP contribution in [0.5, 0.6) is 0 Å². The summed E-state index contributed by atoms with van der Waals surface area (Å²) in [5, 5.41) is 0. The fraction of sp³-hybridized carbons (Fsp3) is 0.429. The van der Waals surface area contributed by atoms with E-state index in [1.807, 2.05) is 38.2 Å².